The fraction of sp³-hybridized carbons (Fsp3) is 0.222. The molecule has 0 spiro atoms. The van der Waals surface area contributed by atoms with E-state index in [2.05, 4.69) is 10.2 Å². The summed E-state index contributed by atoms with van der Waals surface area (Å²) < 4.78 is 13.9. The summed E-state index contributed by atoms with van der Waals surface area (Å²) in [5, 5.41) is 11.9. The highest BCUT2D eigenvalue weighted by molar-refractivity contribution is 6.33. The molecule has 1 N–H and O–H groups in total. The van der Waals surface area contributed by atoms with Crippen LogP contribution in [0.1, 0.15) is 28.8 Å². The molecule has 3 rings (SSSR count). The van der Waals surface area contributed by atoms with Gasteiger partial charge in [0.05, 0.1) is 27.9 Å². The van der Waals surface area contributed by atoms with Crippen molar-refractivity contribution in [2.45, 2.75) is 12.8 Å². The molecular formula is C18H15ClFN3O. The van der Waals surface area contributed by atoms with E-state index in [1.807, 2.05) is 12.1 Å². The summed E-state index contributed by atoms with van der Waals surface area (Å²) in [6, 6.07) is 10.8. The summed E-state index contributed by atoms with van der Waals surface area (Å²) in [5.74, 6) is -1.31. The van der Waals surface area contributed by atoms with Crippen molar-refractivity contribution in [1.29, 1.82) is 5.26 Å². The van der Waals surface area contributed by atoms with Gasteiger partial charge < -0.3 is 10.2 Å². The number of nitrogens with one attached hydrogen (secondary N) is 1. The molecule has 6 heteroatoms. The summed E-state index contributed by atoms with van der Waals surface area (Å²) in [6.07, 6.45) is 2.29. The van der Waals surface area contributed by atoms with Crippen molar-refractivity contribution in [2.24, 2.45) is 0 Å². The van der Waals surface area contributed by atoms with Crippen molar-refractivity contribution in [3.63, 3.8) is 0 Å². The third kappa shape index (κ3) is 3.34. The van der Waals surface area contributed by atoms with Crippen LogP contribution in [0.25, 0.3) is 0 Å². The lowest BCUT2D eigenvalue weighted by Gasteiger charge is -2.19. The first-order chi connectivity index (χ1) is 11.6. The lowest BCUT2D eigenvalue weighted by atomic mass is 10.1. The molecule has 0 atom stereocenters. The normalized spacial score (nSPS) is 13.6. The number of rotatable bonds is 3. The molecule has 0 radical (unpaired) electrons. The van der Waals surface area contributed by atoms with Crippen LogP contribution in [-0.2, 0) is 0 Å². The number of hydrogen-bond acceptors (Lipinski definition) is 3. The van der Waals surface area contributed by atoms with Crippen LogP contribution >= 0.6 is 11.6 Å². The van der Waals surface area contributed by atoms with E-state index in [0.29, 0.717) is 10.7 Å². The third-order valence-corrected chi connectivity index (χ3v) is 4.30. The topological polar surface area (TPSA) is 56.1 Å². The van der Waals surface area contributed by atoms with Crippen LogP contribution < -0.4 is 10.2 Å². The Bertz CT molecular complexity index is 825. The van der Waals surface area contributed by atoms with Gasteiger partial charge in [0.1, 0.15) is 5.82 Å². The molecule has 0 aromatic heterocycles. The first kappa shape index (κ1) is 16.3. The number of hydrogen-bond donors (Lipinski definition) is 1. The Morgan fingerprint density at radius 2 is 1.96 bits per heavy atom. The molecule has 1 amide bonds. The molecule has 2 aromatic rings. The second-order valence-electron chi connectivity index (χ2n) is 5.62. The maximum atomic E-state index is 13.9. The Morgan fingerprint density at radius 1 is 1.21 bits per heavy atom. The maximum absolute atomic E-state index is 13.9. The monoisotopic (exact) mass is 343 g/mol. The summed E-state index contributed by atoms with van der Waals surface area (Å²) >= 11 is 6.31. The maximum Gasteiger partial charge on any atom is 0.258 e. The molecule has 4 nitrogen and oxygen atoms in total. The van der Waals surface area contributed by atoms with Gasteiger partial charge in [0.25, 0.3) is 5.91 Å². The predicted molar refractivity (Wildman–Crippen MR) is 92.0 cm³/mol. The largest absolute Gasteiger partial charge is 0.370 e. The highest BCUT2D eigenvalue weighted by atomic mass is 35.5. The Morgan fingerprint density at radius 3 is 2.58 bits per heavy atom. The fourth-order valence-electron chi connectivity index (χ4n) is 2.77. The van der Waals surface area contributed by atoms with Gasteiger partial charge in [-0.1, -0.05) is 11.6 Å². The van der Waals surface area contributed by atoms with Gasteiger partial charge in [-0.25, -0.2) is 4.39 Å². The molecule has 2 aromatic carbocycles. The molecule has 1 saturated heterocycles. The van der Waals surface area contributed by atoms with Crippen molar-refractivity contribution in [2.75, 3.05) is 23.3 Å². The fourth-order valence-corrected chi connectivity index (χ4v) is 3.07. The molecule has 1 aliphatic heterocycles. The highest BCUT2D eigenvalue weighted by Crippen LogP contribution is 2.31. The van der Waals surface area contributed by atoms with Gasteiger partial charge in [0, 0.05) is 18.8 Å². The number of benzene rings is 2. The molecule has 0 bridgehead atoms. The van der Waals surface area contributed by atoms with Crippen molar-refractivity contribution in [3.05, 3.63) is 58.4 Å². The summed E-state index contributed by atoms with van der Waals surface area (Å²) in [5.41, 5.74) is 1.49. The first-order valence-corrected chi connectivity index (χ1v) is 8.02. The van der Waals surface area contributed by atoms with Crippen LogP contribution in [-0.4, -0.2) is 19.0 Å². The average Bonchev–Trinajstić information content (AvgIpc) is 3.08. The van der Waals surface area contributed by atoms with Crippen LogP contribution in [0.4, 0.5) is 15.8 Å². The van der Waals surface area contributed by atoms with Crippen LogP contribution in [0.15, 0.2) is 36.4 Å². The molecule has 1 fully saturated rings. The van der Waals surface area contributed by atoms with E-state index in [1.165, 1.54) is 12.1 Å². The van der Waals surface area contributed by atoms with Crippen LogP contribution in [0, 0.1) is 17.1 Å². The van der Waals surface area contributed by atoms with Gasteiger partial charge in [0.15, 0.2) is 0 Å². The van der Waals surface area contributed by atoms with E-state index in [9.17, 15) is 9.18 Å². The Hall–Kier alpha value is -2.58. The summed E-state index contributed by atoms with van der Waals surface area (Å²) in [6.45, 7) is 1.95. The van der Waals surface area contributed by atoms with Gasteiger partial charge in [-0.3, -0.25) is 4.79 Å². The van der Waals surface area contributed by atoms with Crippen molar-refractivity contribution in [3.8, 4) is 6.07 Å². The minimum atomic E-state index is -0.730. The quantitative estimate of drug-likeness (QED) is 0.908. The number of carbonyl (C=O) groups is 1. The molecule has 122 valence electrons. The van der Waals surface area contributed by atoms with Crippen LogP contribution in [0.5, 0.6) is 0 Å². The van der Waals surface area contributed by atoms with Gasteiger partial charge in [-0.15, -0.1) is 0 Å². The first-order valence-electron chi connectivity index (χ1n) is 7.64. The molecule has 1 heterocycles. The highest BCUT2D eigenvalue weighted by Gasteiger charge is 2.17. The average molecular weight is 344 g/mol. The van der Waals surface area contributed by atoms with Gasteiger partial charge >= 0.3 is 0 Å². The zero-order valence-electron chi connectivity index (χ0n) is 12.9. The Kier molecular flexibility index (Phi) is 4.68. The predicted octanol–water partition coefficient (Wildman–Crippen LogP) is 4.20. The summed E-state index contributed by atoms with van der Waals surface area (Å²) in [4.78, 5) is 14.4. The Balaban J connectivity index is 1.77. The van der Waals surface area contributed by atoms with E-state index >= 15 is 0 Å². The smallest absolute Gasteiger partial charge is 0.258 e. The third-order valence-electron chi connectivity index (χ3n) is 4.00. The van der Waals surface area contributed by atoms with Gasteiger partial charge in [-0.05, 0) is 49.2 Å². The number of nitrogens with zero attached hydrogens (tertiary/aromatic N) is 2. The zero-order chi connectivity index (χ0) is 17.1. The van der Waals surface area contributed by atoms with Crippen molar-refractivity contribution in [1.82, 2.24) is 0 Å². The second kappa shape index (κ2) is 6.90. The van der Waals surface area contributed by atoms with Crippen LogP contribution in [0.2, 0.25) is 5.02 Å². The minimum Gasteiger partial charge on any atom is -0.370 e. The van der Waals surface area contributed by atoms with E-state index in [-0.39, 0.29) is 11.1 Å². The lowest BCUT2D eigenvalue weighted by Crippen LogP contribution is -2.18. The van der Waals surface area contributed by atoms with Crippen molar-refractivity contribution < 1.29 is 9.18 Å². The van der Waals surface area contributed by atoms with E-state index in [1.54, 1.807) is 12.1 Å². The van der Waals surface area contributed by atoms with Crippen LogP contribution in [0.3, 0.4) is 0 Å². The summed E-state index contributed by atoms with van der Waals surface area (Å²) in [7, 11) is 0. The molecule has 0 unspecified atom stereocenters. The molecule has 0 saturated carbocycles. The standard InChI is InChI=1S/C18H15ClFN3O/c19-15-10-13(4-6-17(15)23-7-1-2-8-23)22-18(24)14-5-3-12(11-21)9-16(14)20/h3-6,9-10H,1-2,7-8H2,(H,22,24). The number of halogens is 2. The van der Waals surface area contributed by atoms with E-state index in [0.717, 1.165) is 37.7 Å². The molecule has 0 aliphatic carbocycles. The molecular weight excluding hydrogens is 329 g/mol. The van der Waals surface area contributed by atoms with Gasteiger partial charge in [-0.2, -0.15) is 5.26 Å². The zero-order valence-corrected chi connectivity index (χ0v) is 13.6. The number of nitriles is 1. The number of carbonyl (C=O) groups excluding carboxylic acids is 1. The van der Waals surface area contributed by atoms with Gasteiger partial charge in [0.2, 0.25) is 0 Å². The number of anilines is 2. The molecule has 24 heavy (non-hydrogen) atoms. The van der Waals surface area contributed by atoms with E-state index in [4.69, 9.17) is 16.9 Å². The second-order valence-corrected chi connectivity index (χ2v) is 6.03. The lowest BCUT2D eigenvalue weighted by molar-refractivity contribution is 0.102. The molecule has 1 aliphatic rings. The van der Waals surface area contributed by atoms with E-state index < -0.39 is 11.7 Å². The van der Waals surface area contributed by atoms with Crippen molar-refractivity contribution >= 4 is 28.9 Å². The number of amides is 1. The Labute approximate surface area is 144 Å². The minimum absolute atomic E-state index is 0.117. The SMILES string of the molecule is N#Cc1ccc(C(=O)Nc2ccc(N3CCCC3)c(Cl)c2)c(F)c1.